The Bertz CT molecular complexity index is 976. The maximum Gasteiger partial charge on any atom is 0.255 e. The highest BCUT2D eigenvalue weighted by Crippen LogP contribution is 2.26. The van der Waals surface area contributed by atoms with Crippen LogP contribution < -0.4 is 0 Å². The van der Waals surface area contributed by atoms with Crippen molar-refractivity contribution in [3.8, 4) is 11.3 Å². The Balaban J connectivity index is 1.40. The van der Waals surface area contributed by atoms with Crippen molar-refractivity contribution in [1.82, 2.24) is 25.0 Å². The van der Waals surface area contributed by atoms with E-state index in [1.54, 1.807) is 12.4 Å². The molecule has 0 aromatic carbocycles. The average Bonchev–Trinajstić information content (AvgIpc) is 3.33. The van der Waals surface area contributed by atoms with Crippen LogP contribution in [0.3, 0.4) is 0 Å². The van der Waals surface area contributed by atoms with Gasteiger partial charge in [0.25, 0.3) is 5.91 Å². The lowest BCUT2D eigenvalue weighted by Crippen LogP contribution is -2.35. The van der Waals surface area contributed by atoms with E-state index in [-0.39, 0.29) is 11.9 Å². The summed E-state index contributed by atoms with van der Waals surface area (Å²) in [5, 5.41) is 3.97. The van der Waals surface area contributed by atoms with Gasteiger partial charge in [0.2, 0.25) is 0 Å². The second-order valence-corrected chi connectivity index (χ2v) is 7.61. The Labute approximate surface area is 170 Å². The number of hydrogen-bond acceptors (Lipinski definition) is 6. The summed E-state index contributed by atoms with van der Waals surface area (Å²) in [7, 11) is 0. The van der Waals surface area contributed by atoms with E-state index in [1.807, 2.05) is 44.0 Å². The molecule has 4 rings (SSSR count). The van der Waals surface area contributed by atoms with Crippen molar-refractivity contribution in [1.29, 1.82) is 0 Å². The minimum Gasteiger partial charge on any atom is -0.361 e. The quantitative estimate of drug-likeness (QED) is 0.659. The molecule has 0 saturated carbocycles. The normalized spacial score (nSPS) is 16.4. The van der Waals surface area contributed by atoms with Crippen LogP contribution in [-0.2, 0) is 6.42 Å². The number of nitrogens with zero attached hydrogens (tertiary/aromatic N) is 5. The standard InChI is InChI=1S/C22H25N5O2/c1-14-6-7-17(11-23-14)22(28)27-10-4-5-19(27)9-8-18-12-25-20(13-24-18)21-15(2)26-29-16(21)3/h6-7,11-13,19H,4-5,8-10H2,1-3H3/t19-/m0/s1. The Hall–Kier alpha value is -3.09. The third kappa shape index (κ3) is 4.04. The van der Waals surface area contributed by atoms with Crippen LogP contribution in [0.15, 0.2) is 35.2 Å². The number of hydrogen-bond donors (Lipinski definition) is 0. The predicted molar refractivity (Wildman–Crippen MR) is 108 cm³/mol. The lowest BCUT2D eigenvalue weighted by molar-refractivity contribution is 0.0730. The number of likely N-dealkylation sites (tertiary alicyclic amines) is 1. The summed E-state index contributed by atoms with van der Waals surface area (Å²) < 4.78 is 5.21. The molecule has 3 aromatic rings. The van der Waals surface area contributed by atoms with E-state index in [1.165, 1.54) is 0 Å². The molecule has 4 heterocycles. The molecule has 0 aliphatic carbocycles. The number of carbonyl (C=O) groups excluding carboxylic acids is 1. The number of pyridine rings is 1. The van der Waals surface area contributed by atoms with Crippen LogP contribution in [-0.4, -0.2) is 43.5 Å². The molecule has 1 fully saturated rings. The monoisotopic (exact) mass is 391 g/mol. The molecule has 1 aliphatic heterocycles. The Kier molecular flexibility index (Phi) is 5.38. The number of amides is 1. The molecule has 29 heavy (non-hydrogen) atoms. The number of aryl methyl sites for hydroxylation is 4. The molecule has 0 unspecified atom stereocenters. The van der Waals surface area contributed by atoms with Gasteiger partial charge in [-0.2, -0.15) is 0 Å². The molecule has 7 nitrogen and oxygen atoms in total. The molecule has 0 N–H and O–H groups in total. The Morgan fingerprint density at radius 1 is 1.14 bits per heavy atom. The van der Waals surface area contributed by atoms with E-state index in [0.29, 0.717) is 5.56 Å². The summed E-state index contributed by atoms with van der Waals surface area (Å²) in [5.74, 6) is 0.815. The summed E-state index contributed by atoms with van der Waals surface area (Å²) in [6, 6.07) is 3.97. The Morgan fingerprint density at radius 3 is 2.66 bits per heavy atom. The molecular weight excluding hydrogens is 366 g/mol. The van der Waals surface area contributed by atoms with Crippen LogP contribution in [0.1, 0.15) is 52.5 Å². The van der Waals surface area contributed by atoms with E-state index >= 15 is 0 Å². The molecule has 150 valence electrons. The van der Waals surface area contributed by atoms with Crippen LogP contribution in [0.5, 0.6) is 0 Å². The molecule has 3 aromatic heterocycles. The lowest BCUT2D eigenvalue weighted by atomic mass is 10.1. The molecule has 7 heteroatoms. The van der Waals surface area contributed by atoms with Crippen molar-refractivity contribution in [2.75, 3.05) is 6.54 Å². The van der Waals surface area contributed by atoms with Gasteiger partial charge in [-0.25, -0.2) is 0 Å². The summed E-state index contributed by atoms with van der Waals surface area (Å²) in [6.45, 7) is 6.50. The molecule has 0 radical (unpaired) electrons. The van der Waals surface area contributed by atoms with E-state index in [0.717, 1.165) is 66.3 Å². The van der Waals surface area contributed by atoms with Crippen LogP contribution in [0.2, 0.25) is 0 Å². The van der Waals surface area contributed by atoms with Gasteiger partial charge in [0.15, 0.2) is 0 Å². The maximum atomic E-state index is 12.9. The SMILES string of the molecule is Cc1ccc(C(=O)N2CCC[C@H]2CCc2cnc(-c3c(C)noc3C)cn2)cn1. The predicted octanol–water partition coefficient (Wildman–Crippen LogP) is 3.69. The summed E-state index contributed by atoms with van der Waals surface area (Å²) in [4.78, 5) is 28.2. The third-order valence-electron chi connectivity index (χ3n) is 5.52. The van der Waals surface area contributed by atoms with Crippen LogP contribution in [0, 0.1) is 20.8 Å². The van der Waals surface area contributed by atoms with Crippen LogP contribution >= 0.6 is 0 Å². The summed E-state index contributed by atoms with van der Waals surface area (Å²) in [5.41, 5.74) is 4.99. The number of rotatable bonds is 5. The first kappa shape index (κ1) is 19.2. The van der Waals surface area contributed by atoms with Gasteiger partial charge in [0.1, 0.15) is 5.76 Å². The van der Waals surface area contributed by atoms with Gasteiger partial charge in [-0.15, -0.1) is 0 Å². The molecule has 1 amide bonds. The van der Waals surface area contributed by atoms with Gasteiger partial charge in [-0.05, 0) is 58.6 Å². The van der Waals surface area contributed by atoms with E-state index in [9.17, 15) is 4.79 Å². The van der Waals surface area contributed by atoms with Gasteiger partial charge in [0.05, 0.1) is 34.4 Å². The van der Waals surface area contributed by atoms with Gasteiger partial charge >= 0.3 is 0 Å². The molecule has 1 aliphatic rings. The van der Waals surface area contributed by atoms with E-state index in [4.69, 9.17) is 4.52 Å². The van der Waals surface area contributed by atoms with Crippen molar-refractivity contribution in [3.05, 3.63) is 59.1 Å². The first-order chi connectivity index (χ1) is 14.0. The van der Waals surface area contributed by atoms with Gasteiger partial charge in [-0.1, -0.05) is 5.16 Å². The zero-order valence-electron chi connectivity index (χ0n) is 17.1. The zero-order chi connectivity index (χ0) is 20.4. The van der Waals surface area contributed by atoms with Gasteiger partial charge in [-0.3, -0.25) is 19.7 Å². The van der Waals surface area contributed by atoms with Crippen molar-refractivity contribution < 1.29 is 9.32 Å². The molecule has 1 saturated heterocycles. The second kappa shape index (κ2) is 8.11. The second-order valence-electron chi connectivity index (χ2n) is 7.61. The van der Waals surface area contributed by atoms with Crippen molar-refractivity contribution in [2.24, 2.45) is 0 Å². The first-order valence-corrected chi connectivity index (χ1v) is 10.0. The Morgan fingerprint density at radius 2 is 2.00 bits per heavy atom. The highest BCUT2D eigenvalue weighted by Gasteiger charge is 2.29. The van der Waals surface area contributed by atoms with Crippen molar-refractivity contribution in [3.63, 3.8) is 0 Å². The smallest absolute Gasteiger partial charge is 0.255 e. The fourth-order valence-corrected chi connectivity index (χ4v) is 3.94. The van der Waals surface area contributed by atoms with Crippen molar-refractivity contribution >= 4 is 5.91 Å². The fourth-order valence-electron chi connectivity index (χ4n) is 3.94. The van der Waals surface area contributed by atoms with Crippen molar-refractivity contribution in [2.45, 2.75) is 52.5 Å². The van der Waals surface area contributed by atoms with Crippen LogP contribution in [0.4, 0.5) is 0 Å². The highest BCUT2D eigenvalue weighted by atomic mass is 16.5. The molecule has 1 atom stereocenters. The number of aromatic nitrogens is 4. The van der Waals surface area contributed by atoms with E-state index in [2.05, 4.69) is 20.1 Å². The van der Waals surface area contributed by atoms with Gasteiger partial charge in [0, 0.05) is 30.7 Å². The van der Waals surface area contributed by atoms with E-state index < -0.39 is 0 Å². The van der Waals surface area contributed by atoms with Gasteiger partial charge < -0.3 is 9.42 Å². The molecule has 0 spiro atoms. The number of carbonyl (C=O) groups is 1. The summed E-state index contributed by atoms with van der Waals surface area (Å²) in [6.07, 6.45) is 8.98. The zero-order valence-corrected chi connectivity index (χ0v) is 17.1. The summed E-state index contributed by atoms with van der Waals surface area (Å²) >= 11 is 0. The molecule has 0 bridgehead atoms. The highest BCUT2D eigenvalue weighted by molar-refractivity contribution is 5.94. The minimum absolute atomic E-state index is 0.0693. The third-order valence-corrected chi connectivity index (χ3v) is 5.52. The topological polar surface area (TPSA) is 85.0 Å². The molecular formula is C22H25N5O2. The average molecular weight is 391 g/mol. The fraction of sp³-hybridized carbons (Fsp3) is 0.409. The maximum absolute atomic E-state index is 12.9. The largest absolute Gasteiger partial charge is 0.361 e. The minimum atomic E-state index is 0.0693. The van der Waals surface area contributed by atoms with Crippen LogP contribution in [0.25, 0.3) is 11.3 Å². The first-order valence-electron chi connectivity index (χ1n) is 10.0. The lowest BCUT2D eigenvalue weighted by Gasteiger charge is -2.24.